The van der Waals surface area contributed by atoms with E-state index in [1.54, 1.807) is 0 Å². The Morgan fingerprint density at radius 1 is 1.53 bits per heavy atom. The van der Waals surface area contributed by atoms with Crippen LogP contribution in [0.4, 0.5) is 0 Å². The molecule has 0 amide bonds. The molecule has 1 fully saturated rings. The van der Waals surface area contributed by atoms with Crippen LogP contribution in [0.5, 0.6) is 0 Å². The van der Waals surface area contributed by atoms with Crippen molar-refractivity contribution in [3.8, 4) is 0 Å². The number of piperidine rings is 1. The minimum Gasteiger partial charge on any atom is -0.319 e. The Morgan fingerprint density at radius 2 is 2.37 bits per heavy atom. The van der Waals surface area contributed by atoms with Crippen LogP contribution < -0.4 is 5.32 Å². The highest BCUT2D eigenvalue weighted by Crippen LogP contribution is 2.20. The van der Waals surface area contributed by atoms with Crippen molar-refractivity contribution in [2.75, 3.05) is 26.7 Å². The molecule has 1 aliphatic heterocycles. The molecule has 0 radical (unpaired) electrons. The molecule has 5 heteroatoms. The molecule has 2 rings (SSSR count). The van der Waals surface area contributed by atoms with E-state index in [-0.39, 0.29) is 12.4 Å². The van der Waals surface area contributed by atoms with Crippen LogP contribution in [0.25, 0.3) is 0 Å². The molecule has 1 unspecified atom stereocenters. The summed E-state index contributed by atoms with van der Waals surface area (Å²) in [7, 11) is 2.05. The molecule has 1 aromatic heterocycles. The van der Waals surface area contributed by atoms with Crippen LogP contribution in [-0.4, -0.2) is 36.6 Å². The highest BCUT2D eigenvalue weighted by atomic mass is 35.5. The first-order valence-corrected chi connectivity index (χ1v) is 8.00. The van der Waals surface area contributed by atoms with Gasteiger partial charge in [0, 0.05) is 11.9 Å². The quantitative estimate of drug-likeness (QED) is 0.876. The maximum atomic E-state index is 4.73. The lowest BCUT2D eigenvalue weighted by Crippen LogP contribution is -2.38. The zero-order valence-electron chi connectivity index (χ0n) is 12.0. The van der Waals surface area contributed by atoms with E-state index in [0.717, 1.165) is 25.4 Å². The number of hydrogen-bond acceptors (Lipinski definition) is 4. The maximum Gasteiger partial charge on any atom is 0.107 e. The lowest BCUT2D eigenvalue weighted by molar-refractivity contribution is 0.166. The first-order valence-electron chi connectivity index (χ1n) is 7.12. The number of hydrogen-bond donors (Lipinski definition) is 1. The van der Waals surface area contributed by atoms with Crippen LogP contribution in [0.15, 0.2) is 5.38 Å². The number of aryl methyl sites for hydroxylation is 1. The smallest absolute Gasteiger partial charge is 0.107 e. The van der Waals surface area contributed by atoms with Crippen LogP contribution in [0.3, 0.4) is 0 Å². The van der Waals surface area contributed by atoms with Crippen LogP contribution >= 0.6 is 23.7 Å². The first-order chi connectivity index (χ1) is 8.81. The van der Waals surface area contributed by atoms with Gasteiger partial charge in [0.1, 0.15) is 5.01 Å². The summed E-state index contributed by atoms with van der Waals surface area (Å²) in [6, 6.07) is 0. The fraction of sp³-hybridized carbons (Fsp3) is 0.786. The van der Waals surface area contributed by atoms with Crippen LogP contribution in [0, 0.1) is 5.92 Å². The van der Waals surface area contributed by atoms with Crippen LogP contribution in [-0.2, 0) is 13.0 Å². The second kappa shape index (κ2) is 8.90. The molecule has 0 spiro atoms. The van der Waals surface area contributed by atoms with Gasteiger partial charge in [-0.25, -0.2) is 4.98 Å². The normalized spacial score (nSPS) is 20.2. The molecule has 0 aliphatic carbocycles. The van der Waals surface area contributed by atoms with E-state index >= 15 is 0 Å². The molecule has 3 nitrogen and oxygen atoms in total. The standard InChI is InChI=1S/C14H25N3S.ClH/c1-3-5-13-11-18-14(16-13)10-17-7-4-6-12(9-17)8-15-2;/h11-12,15H,3-10H2,1-2H3;1H. The van der Waals surface area contributed by atoms with Gasteiger partial charge in [0.25, 0.3) is 0 Å². The van der Waals surface area contributed by atoms with E-state index in [4.69, 9.17) is 4.98 Å². The van der Waals surface area contributed by atoms with Crippen molar-refractivity contribution in [2.24, 2.45) is 5.92 Å². The molecular weight excluding hydrogens is 278 g/mol. The lowest BCUT2D eigenvalue weighted by atomic mass is 9.98. The Bertz CT molecular complexity index is 354. The molecular formula is C14H26ClN3S. The van der Waals surface area contributed by atoms with E-state index in [0.29, 0.717) is 0 Å². The molecule has 1 saturated heterocycles. The van der Waals surface area contributed by atoms with Crippen molar-refractivity contribution in [1.29, 1.82) is 0 Å². The van der Waals surface area contributed by atoms with E-state index in [9.17, 15) is 0 Å². The summed E-state index contributed by atoms with van der Waals surface area (Å²) in [6.45, 7) is 6.88. The van der Waals surface area contributed by atoms with Gasteiger partial charge in [-0.1, -0.05) is 13.3 Å². The van der Waals surface area contributed by atoms with Gasteiger partial charge >= 0.3 is 0 Å². The van der Waals surface area contributed by atoms with E-state index in [1.165, 1.54) is 43.1 Å². The van der Waals surface area contributed by atoms with E-state index in [2.05, 4.69) is 29.6 Å². The molecule has 2 heterocycles. The van der Waals surface area contributed by atoms with Crippen LogP contribution in [0.1, 0.15) is 36.9 Å². The van der Waals surface area contributed by atoms with Gasteiger partial charge in [0.15, 0.2) is 0 Å². The van der Waals surface area contributed by atoms with Gasteiger partial charge in [-0.2, -0.15) is 0 Å². The predicted octanol–water partition coefficient (Wildman–Crippen LogP) is 2.95. The van der Waals surface area contributed by atoms with Crippen molar-refractivity contribution < 1.29 is 0 Å². The first kappa shape index (κ1) is 16.9. The van der Waals surface area contributed by atoms with Crippen molar-refractivity contribution >= 4 is 23.7 Å². The highest BCUT2D eigenvalue weighted by molar-refractivity contribution is 7.09. The summed E-state index contributed by atoms with van der Waals surface area (Å²) in [6.07, 6.45) is 5.02. The highest BCUT2D eigenvalue weighted by Gasteiger charge is 2.20. The maximum absolute atomic E-state index is 4.73. The Hall–Kier alpha value is -0.160. The van der Waals surface area contributed by atoms with Gasteiger partial charge in [-0.05, 0) is 45.3 Å². The molecule has 19 heavy (non-hydrogen) atoms. The second-order valence-electron chi connectivity index (χ2n) is 5.28. The summed E-state index contributed by atoms with van der Waals surface area (Å²) in [4.78, 5) is 7.30. The third-order valence-electron chi connectivity index (χ3n) is 3.56. The zero-order valence-corrected chi connectivity index (χ0v) is 13.7. The van der Waals surface area contributed by atoms with Crippen molar-refractivity contribution in [1.82, 2.24) is 15.2 Å². The molecule has 1 N–H and O–H groups in total. The topological polar surface area (TPSA) is 28.2 Å². The number of thiazole rings is 1. The Balaban J connectivity index is 0.00000180. The summed E-state index contributed by atoms with van der Waals surface area (Å²) < 4.78 is 0. The van der Waals surface area contributed by atoms with Gasteiger partial charge in [0.05, 0.1) is 12.2 Å². The summed E-state index contributed by atoms with van der Waals surface area (Å²) in [5, 5.41) is 6.83. The number of rotatable bonds is 6. The Labute approximate surface area is 127 Å². The Kier molecular flexibility index (Phi) is 7.91. The molecule has 0 saturated carbocycles. The molecule has 1 aromatic rings. The van der Waals surface area contributed by atoms with Gasteiger partial charge < -0.3 is 5.32 Å². The zero-order chi connectivity index (χ0) is 12.8. The summed E-state index contributed by atoms with van der Waals surface area (Å²) in [5.74, 6) is 0.818. The fourth-order valence-corrected chi connectivity index (χ4v) is 3.60. The van der Waals surface area contributed by atoms with Gasteiger partial charge in [-0.15, -0.1) is 23.7 Å². The molecule has 110 valence electrons. The summed E-state index contributed by atoms with van der Waals surface area (Å²) in [5.41, 5.74) is 1.28. The largest absolute Gasteiger partial charge is 0.319 e. The monoisotopic (exact) mass is 303 g/mol. The molecule has 0 aromatic carbocycles. The number of nitrogens with one attached hydrogen (secondary N) is 1. The van der Waals surface area contributed by atoms with Crippen molar-refractivity contribution in [3.05, 3.63) is 16.1 Å². The number of likely N-dealkylation sites (tertiary alicyclic amines) is 1. The third kappa shape index (κ3) is 5.38. The molecule has 0 bridgehead atoms. The van der Waals surface area contributed by atoms with Crippen molar-refractivity contribution in [2.45, 2.75) is 39.2 Å². The lowest BCUT2D eigenvalue weighted by Gasteiger charge is -2.32. The fourth-order valence-electron chi connectivity index (χ4n) is 2.73. The second-order valence-corrected chi connectivity index (χ2v) is 6.23. The average molecular weight is 304 g/mol. The van der Waals surface area contributed by atoms with Gasteiger partial charge in [0.2, 0.25) is 0 Å². The third-order valence-corrected chi connectivity index (χ3v) is 4.44. The van der Waals surface area contributed by atoms with E-state index < -0.39 is 0 Å². The van der Waals surface area contributed by atoms with Crippen molar-refractivity contribution in [3.63, 3.8) is 0 Å². The number of halogens is 1. The molecule has 1 atom stereocenters. The number of aromatic nitrogens is 1. The number of nitrogens with zero attached hydrogens (tertiary/aromatic N) is 2. The van der Waals surface area contributed by atoms with Crippen LogP contribution in [0.2, 0.25) is 0 Å². The minimum absolute atomic E-state index is 0. The van der Waals surface area contributed by atoms with E-state index in [1.807, 2.05) is 11.3 Å². The summed E-state index contributed by atoms with van der Waals surface area (Å²) >= 11 is 1.83. The molecule has 1 aliphatic rings. The van der Waals surface area contributed by atoms with Gasteiger partial charge in [-0.3, -0.25) is 4.90 Å². The SMILES string of the molecule is CCCc1csc(CN2CCCC(CNC)C2)n1.Cl. The minimum atomic E-state index is 0. The average Bonchev–Trinajstić information content (AvgIpc) is 2.78. The Morgan fingerprint density at radius 3 is 3.11 bits per heavy atom. The predicted molar refractivity (Wildman–Crippen MR) is 85.3 cm³/mol.